The van der Waals surface area contributed by atoms with Crippen molar-refractivity contribution in [2.75, 3.05) is 0 Å². The zero-order valence-corrected chi connectivity index (χ0v) is 24.3. The number of aliphatic hydroxyl groups is 2. The molecule has 1 aromatic heterocycles. The summed E-state index contributed by atoms with van der Waals surface area (Å²) in [6.07, 6.45) is 4.57. The van der Waals surface area contributed by atoms with E-state index in [1.165, 1.54) is 16.3 Å². The molecule has 35 heavy (non-hydrogen) atoms. The summed E-state index contributed by atoms with van der Waals surface area (Å²) in [6, 6.07) is 19.9. The molecular formula is C31H40IrNO2-. The van der Waals surface area contributed by atoms with Crippen molar-refractivity contribution in [1.82, 2.24) is 4.98 Å². The predicted octanol–water partition coefficient (Wildman–Crippen LogP) is 7.01. The van der Waals surface area contributed by atoms with E-state index in [2.05, 4.69) is 76.9 Å². The summed E-state index contributed by atoms with van der Waals surface area (Å²) in [6.45, 7) is 12.9. The number of hydrogen-bond donors (Lipinski definition) is 2. The molecule has 2 aliphatic rings. The maximum absolute atomic E-state index is 10.3. The number of pyridine rings is 1. The third-order valence-corrected chi connectivity index (χ3v) is 8.22. The minimum absolute atomic E-state index is 0. The minimum Gasteiger partial charge on any atom is -0.392 e. The van der Waals surface area contributed by atoms with Crippen LogP contribution in [-0.4, -0.2) is 27.4 Å². The first-order chi connectivity index (χ1) is 16.0. The fourth-order valence-electron chi connectivity index (χ4n) is 5.88. The molecule has 3 nitrogen and oxygen atoms in total. The number of nitrogens with zero attached hydrogens (tertiary/aromatic N) is 1. The summed E-state index contributed by atoms with van der Waals surface area (Å²) < 4.78 is 0. The molecule has 3 aromatic rings. The van der Waals surface area contributed by atoms with Gasteiger partial charge in [0.25, 0.3) is 0 Å². The molecule has 4 heteroatoms. The van der Waals surface area contributed by atoms with Crippen molar-refractivity contribution in [3.8, 4) is 11.3 Å². The molecule has 2 saturated carbocycles. The van der Waals surface area contributed by atoms with Crippen molar-refractivity contribution in [3.05, 3.63) is 66.4 Å². The van der Waals surface area contributed by atoms with E-state index in [1.54, 1.807) is 0 Å². The summed E-state index contributed by atoms with van der Waals surface area (Å²) in [5, 5.41) is 23.1. The summed E-state index contributed by atoms with van der Waals surface area (Å²) in [5.41, 5.74) is 3.34. The Balaban J connectivity index is 0.000000195. The second-order valence-corrected chi connectivity index (χ2v) is 12.1. The van der Waals surface area contributed by atoms with Gasteiger partial charge in [-0.25, -0.2) is 0 Å². The summed E-state index contributed by atoms with van der Waals surface area (Å²) in [4.78, 5) is 4.52. The Morgan fingerprint density at radius 3 is 2.31 bits per heavy atom. The second kappa shape index (κ2) is 10.8. The Kier molecular flexibility index (Phi) is 8.64. The van der Waals surface area contributed by atoms with Crippen LogP contribution in [0.3, 0.4) is 0 Å². The number of fused-ring (bicyclic) bond motifs is 2. The second-order valence-electron chi connectivity index (χ2n) is 12.1. The van der Waals surface area contributed by atoms with Crippen molar-refractivity contribution in [3.63, 3.8) is 0 Å². The van der Waals surface area contributed by atoms with E-state index in [4.69, 9.17) is 0 Å². The Labute approximate surface area is 224 Å². The Morgan fingerprint density at radius 2 is 1.66 bits per heavy atom. The topological polar surface area (TPSA) is 53.4 Å². The molecule has 4 atom stereocenters. The van der Waals surface area contributed by atoms with Gasteiger partial charge in [-0.15, -0.1) is 35.9 Å². The van der Waals surface area contributed by atoms with Crippen LogP contribution in [0.1, 0.15) is 72.3 Å². The van der Waals surface area contributed by atoms with Crippen LogP contribution in [0, 0.1) is 28.7 Å². The fraction of sp³-hybridized carbons (Fsp3) is 0.516. The van der Waals surface area contributed by atoms with Gasteiger partial charge in [0, 0.05) is 32.2 Å². The first-order valence-corrected chi connectivity index (χ1v) is 12.7. The first-order valence-electron chi connectivity index (χ1n) is 12.7. The molecule has 1 heterocycles. The van der Waals surface area contributed by atoms with Crippen LogP contribution >= 0.6 is 0 Å². The van der Waals surface area contributed by atoms with Crippen molar-refractivity contribution in [1.29, 1.82) is 0 Å². The van der Waals surface area contributed by atoms with Gasteiger partial charge >= 0.3 is 0 Å². The maximum Gasteiger partial charge on any atom is 0.0646 e. The van der Waals surface area contributed by atoms with Gasteiger partial charge in [-0.3, -0.25) is 0 Å². The molecule has 0 aliphatic heterocycles. The maximum atomic E-state index is 10.3. The smallest absolute Gasteiger partial charge is 0.0646 e. The molecular weight excluding hydrogens is 611 g/mol. The van der Waals surface area contributed by atoms with Crippen LogP contribution in [0.2, 0.25) is 0 Å². The fourth-order valence-corrected chi connectivity index (χ4v) is 5.88. The first kappa shape index (κ1) is 28.0. The van der Waals surface area contributed by atoms with Gasteiger partial charge in [0.05, 0.1) is 12.2 Å². The van der Waals surface area contributed by atoms with Crippen LogP contribution < -0.4 is 0 Å². The van der Waals surface area contributed by atoms with E-state index in [0.29, 0.717) is 11.8 Å². The van der Waals surface area contributed by atoms with Gasteiger partial charge in [-0.05, 0) is 64.0 Å². The SMILES string of the molecule is CC(C)c1ccc2cnc(-c3[c-]cccc3)cc2c1.CC1(C)CCC2CC(C)(C)C(O)C2C1O.[Ir]. The molecule has 2 fully saturated rings. The van der Waals surface area contributed by atoms with E-state index < -0.39 is 0 Å². The Morgan fingerprint density at radius 1 is 0.943 bits per heavy atom. The average Bonchev–Trinajstić information content (AvgIpc) is 3.05. The molecule has 5 rings (SSSR count). The van der Waals surface area contributed by atoms with Crippen LogP contribution in [0.25, 0.3) is 22.0 Å². The van der Waals surface area contributed by atoms with Gasteiger partial charge in [-0.2, -0.15) is 0 Å². The molecule has 0 saturated heterocycles. The van der Waals surface area contributed by atoms with Crippen LogP contribution in [0.4, 0.5) is 0 Å². The minimum atomic E-state index is -0.340. The number of aromatic nitrogens is 1. The Bertz CT molecular complexity index is 1120. The number of aliphatic hydroxyl groups excluding tert-OH is 2. The molecule has 0 bridgehead atoms. The molecule has 2 aromatic carbocycles. The van der Waals surface area contributed by atoms with Gasteiger partial charge in [0.2, 0.25) is 0 Å². The normalized spacial score (nSPS) is 26.4. The van der Waals surface area contributed by atoms with Crippen molar-refractivity contribution >= 4 is 10.8 Å². The van der Waals surface area contributed by atoms with Crippen LogP contribution in [0.15, 0.2) is 54.7 Å². The third kappa shape index (κ3) is 5.88. The van der Waals surface area contributed by atoms with Crippen molar-refractivity contribution in [2.45, 2.75) is 78.9 Å². The van der Waals surface area contributed by atoms with E-state index in [-0.39, 0.29) is 49.1 Å². The molecule has 2 N–H and O–H groups in total. The van der Waals surface area contributed by atoms with Crippen molar-refractivity contribution in [2.24, 2.45) is 22.7 Å². The van der Waals surface area contributed by atoms with Crippen LogP contribution in [-0.2, 0) is 20.1 Å². The number of hydrogen-bond acceptors (Lipinski definition) is 3. The largest absolute Gasteiger partial charge is 0.392 e. The molecule has 191 valence electrons. The summed E-state index contributed by atoms with van der Waals surface area (Å²) in [7, 11) is 0. The quantitative estimate of drug-likeness (QED) is 0.294. The Hall–Kier alpha value is -1.58. The zero-order chi connectivity index (χ0) is 24.7. The van der Waals surface area contributed by atoms with Crippen LogP contribution in [0.5, 0.6) is 0 Å². The predicted molar refractivity (Wildman–Crippen MR) is 141 cm³/mol. The molecule has 0 spiro atoms. The summed E-state index contributed by atoms with van der Waals surface area (Å²) >= 11 is 0. The number of rotatable bonds is 2. The standard InChI is InChI=1S/C18H16N.C13H24O2.Ir/c1-13(2)15-8-9-16-12-19-18(11-17(16)10-15)14-6-4-3-5-7-14;1-12(2)6-5-8-7-13(3,4)11(15)9(8)10(12)14;/h3-6,8-13H,1-2H3;8-11,14-15H,5-7H2,1-4H3;/q-1;;. The zero-order valence-electron chi connectivity index (χ0n) is 21.9. The average molecular weight is 651 g/mol. The molecule has 0 amide bonds. The van der Waals surface area contributed by atoms with Gasteiger partial charge < -0.3 is 15.2 Å². The van der Waals surface area contributed by atoms with Crippen molar-refractivity contribution < 1.29 is 30.3 Å². The third-order valence-electron chi connectivity index (χ3n) is 8.22. The van der Waals surface area contributed by atoms with E-state index in [1.807, 2.05) is 30.5 Å². The monoisotopic (exact) mass is 651 g/mol. The number of benzene rings is 2. The van der Waals surface area contributed by atoms with E-state index in [0.717, 1.165) is 30.5 Å². The molecule has 2 aliphatic carbocycles. The molecule has 1 radical (unpaired) electrons. The van der Waals surface area contributed by atoms with Gasteiger partial charge in [-0.1, -0.05) is 65.8 Å². The van der Waals surface area contributed by atoms with E-state index >= 15 is 0 Å². The van der Waals surface area contributed by atoms with Gasteiger partial charge in [0.15, 0.2) is 0 Å². The summed E-state index contributed by atoms with van der Waals surface area (Å²) in [5.74, 6) is 1.17. The molecule has 4 unspecified atom stereocenters. The van der Waals surface area contributed by atoms with Gasteiger partial charge in [0.1, 0.15) is 0 Å². The van der Waals surface area contributed by atoms with E-state index in [9.17, 15) is 10.2 Å².